The lowest BCUT2D eigenvalue weighted by Gasteiger charge is -2.29. The summed E-state index contributed by atoms with van der Waals surface area (Å²) in [5, 5.41) is 3.64. The molecule has 1 aromatic carbocycles. The number of anilines is 1. The monoisotopic (exact) mass is 280 g/mol. The average Bonchev–Trinajstić information content (AvgIpc) is 2.42. The van der Waals surface area contributed by atoms with Crippen LogP contribution in [0.3, 0.4) is 0 Å². The summed E-state index contributed by atoms with van der Waals surface area (Å²) < 4.78 is 0. The van der Waals surface area contributed by atoms with Gasteiger partial charge in [0.25, 0.3) is 0 Å². The first-order valence-electron chi connectivity index (χ1n) is 6.89. The third kappa shape index (κ3) is 3.48. The van der Waals surface area contributed by atoms with Crippen molar-refractivity contribution in [2.75, 3.05) is 11.9 Å². The van der Waals surface area contributed by atoms with E-state index in [2.05, 4.69) is 5.32 Å². The van der Waals surface area contributed by atoms with Gasteiger partial charge in [-0.15, -0.1) is 0 Å². The predicted octanol–water partition coefficient (Wildman–Crippen LogP) is 3.35. The van der Waals surface area contributed by atoms with Gasteiger partial charge in [-0.1, -0.05) is 30.5 Å². The number of nitrogens with two attached hydrogens (primary N) is 1. The van der Waals surface area contributed by atoms with Gasteiger partial charge in [-0.05, 0) is 49.9 Å². The highest BCUT2D eigenvalue weighted by atomic mass is 35.5. The molecule has 0 aliphatic heterocycles. The number of hydrogen-bond donors (Lipinski definition) is 2. The summed E-state index contributed by atoms with van der Waals surface area (Å²) in [6.07, 6.45) is 4.29. The molecule has 19 heavy (non-hydrogen) atoms. The number of aryl methyl sites for hydroxylation is 1. The van der Waals surface area contributed by atoms with Crippen molar-refractivity contribution in [3.8, 4) is 0 Å². The van der Waals surface area contributed by atoms with Crippen LogP contribution in [0.4, 0.5) is 5.69 Å². The molecule has 3 N–H and O–H groups in total. The molecular weight excluding hydrogens is 260 g/mol. The van der Waals surface area contributed by atoms with E-state index in [1.807, 2.05) is 19.1 Å². The lowest BCUT2D eigenvalue weighted by atomic mass is 9.78. The third-order valence-corrected chi connectivity index (χ3v) is 4.24. The van der Waals surface area contributed by atoms with E-state index in [0.29, 0.717) is 17.5 Å². The molecule has 1 fully saturated rings. The minimum Gasteiger partial charge on any atom is -0.330 e. The van der Waals surface area contributed by atoms with Crippen LogP contribution < -0.4 is 11.1 Å². The molecule has 1 aliphatic rings. The van der Waals surface area contributed by atoms with Gasteiger partial charge in [0.1, 0.15) is 0 Å². The Kier molecular flexibility index (Phi) is 4.83. The van der Waals surface area contributed by atoms with Gasteiger partial charge >= 0.3 is 0 Å². The van der Waals surface area contributed by atoms with Crippen molar-refractivity contribution >= 4 is 23.2 Å². The van der Waals surface area contributed by atoms with Gasteiger partial charge in [0.05, 0.1) is 0 Å². The van der Waals surface area contributed by atoms with Crippen LogP contribution in [0.25, 0.3) is 0 Å². The molecule has 0 heterocycles. The number of rotatable bonds is 3. The summed E-state index contributed by atoms with van der Waals surface area (Å²) in [5.74, 6) is 0.436. The second kappa shape index (κ2) is 6.40. The first-order chi connectivity index (χ1) is 9.11. The average molecular weight is 281 g/mol. The smallest absolute Gasteiger partial charge is 0.227 e. The Labute approximate surface area is 119 Å². The van der Waals surface area contributed by atoms with Gasteiger partial charge < -0.3 is 11.1 Å². The van der Waals surface area contributed by atoms with E-state index >= 15 is 0 Å². The molecule has 2 unspecified atom stereocenters. The number of halogens is 1. The zero-order valence-corrected chi connectivity index (χ0v) is 12.0. The molecule has 1 amide bonds. The summed E-state index contributed by atoms with van der Waals surface area (Å²) in [4.78, 5) is 12.4. The van der Waals surface area contributed by atoms with Gasteiger partial charge in [0.15, 0.2) is 0 Å². The molecule has 0 aromatic heterocycles. The fraction of sp³-hybridized carbons (Fsp3) is 0.533. The summed E-state index contributed by atoms with van der Waals surface area (Å²) in [7, 11) is 0. The van der Waals surface area contributed by atoms with Crippen LogP contribution in [-0.2, 0) is 4.79 Å². The van der Waals surface area contributed by atoms with Gasteiger partial charge in [-0.3, -0.25) is 4.79 Å². The summed E-state index contributed by atoms with van der Waals surface area (Å²) in [6.45, 7) is 2.56. The fourth-order valence-corrected chi connectivity index (χ4v) is 2.96. The standard InChI is InChI=1S/C15H21ClN2O/c1-10-6-7-12(16)8-14(10)18-15(19)13-5-3-2-4-11(13)9-17/h6-8,11,13H,2-5,9,17H2,1H3,(H,18,19). The number of benzene rings is 1. The zero-order valence-electron chi connectivity index (χ0n) is 11.3. The second-order valence-electron chi connectivity index (χ2n) is 5.34. The van der Waals surface area contributed by atoms with E-state index in [4.69, 9.17) is 17.3 Å². The first kappa shape index (κ1) is 14.4. The quantitative estimate of drug-likeness (QED) is 0.892. The number of hydrogen-bond acceptors (Lipinski definition) is 2. The van der Waals surface area contributed by atoms with E-state index in [-0.39, 0.29) is 11.8 Å². The van der Waals surface area contributed by atoms with Crippen LogP contribution in [0.2, 0.25) is 5.02 Å². The summed E-state index contributed by atoms with van der Waals surface area (Å²) in [5.41, 5.74) is 7.61. The van der Waals surface area contributed by atoms with Crippen LogP contribution in [0, 0.1) is 18.8 Å². The van der Waals surface area contributed by atoms with Crippen molar-refractivity contribution in [2.45, 2.75) is 32.6 Å². The van der Waals surface area contributed by atoms with E-state index in [0.717, 1.165) is 30.5 Å². The van der Waals surface area contributed by atoms with E-state index in [1.54, 1.807) is 6.07 Å². The van der Waals surface area contributed by atoms with E-state index in [1.165, 1.54) is 6.42 Å². The fourth-order valence-electron chi connectivity index (χ4n) is 2.79. The third-order valence-electron chi connectivity index (χ3n) is 4.01. The Balaban J connectivity index is 2.09. The maximum absolute atomic E-state index is 12.4. The molecule has 0 bridgehead atoms. The summed E-state index contributed by atoms with van der Waals surface area (Å²) >= 11 is 5.97. The van der Waals surface area contributed by atoms with Crippen molar-refractivity contribution in [1.29, 1.82) is 0 Å². The highest BCUT2D eigenvalue weighted by Gasteiger charge is 2.30. The van der Waals surface area contributed by atoms with Crippen molar-refractivity contribution in [3.05, 3.63) is 28.8 Å². The largest absolute Gasteiger partial charge is 0.330 e. The summed E-state index contributed by atoms with van der Waals surface area (Å²) in [6, 6.07) is 5.55. The molecular formula is C15H21ClN2O. The Morgan fingerprint density at radius 2 is 2.16 bits per heavy atom. The van der Waals surface area contributed by atoms with Crippen LogP contribution >= 0.6 is 11.6 Å². The molecule has 4 heteroatoms. The van der Waals surface area contributed by atoms with E-state index < -0.39 is 0 Å². The van der Waals surface area contributed by atoms with Crippen molar-refractivity contribution in [1.82, 2.24) is 0 Å². The van der Waals surface area contributed by atoms with E-state index in [9.17, 15) is 4.79 Å². The molecule has 0 radical (unpaired) electrons. The van der Waals surface area contributed by atoms with Crippen LogP contribution in [0.15, 0.2) is 18.2 Å². The number of carbonyl (C=O) groups is 1. The molecule has 104 valence electrons. The number of amides is 1. The van der Waals surface area contributed by atoms with Crippen LogP contribution in [-0.4, -0.2) is 12.5 Å². The minimum atomic E-state index is 0.0390. The lowest BCUT2D eigenvalue weighted by Crippen LogP contribution is -2.35. The number of nitrogens with one attached hydrogen (secondary N) is 1. The Hall–Kier alpha value is -1.06. The normalized spacial score (nSPS) is 23.1. The van der Waals surface area contributed by atoms with Gasteiger partial charge in [0.2, 0.25) is 5.91 Å². The molecule has 1 aromatic rings. The zero-order chi connectivity index (χ0) is 13.8. The molecule has 2 rings (SSSR count). The second-order valence-corrected chi connectivity index (χ2v) is 5.77. The maximum Gasteiger partial charge on any atom is 0.227 e. The molecule has 1 aliphatic carbocycles. The molecule has 0 saturated heterocycles. The lowest BCUT2D eigenvalue weighted by molar-refractivity contribution is -0.122. The predicted molar refractivity (Wildman–Crippen MR) is 79.3 cm³/mol. The number of carbonyl (C=O) groups excluding carboxylic acids is 1. The topological polar surface area (TPSA) is 55.1 Å². The van der Waals surface area contributed by atoms with Gasteiger partial charge in [0, 0.05) is 16.6 Å². The highest BCUT2D eigenvalue weighted by Crippen LogP contribution is 2.31. The minimum absolute atomic E-state index is 0.0390. The van der Waals surface area contributed by atoms with Crippen molar-refractivity contribution in [3.63, 3.8) is 0 Å². The van der Waals surface area contributed by atoms with Gasteiger partial charge in [-0.25, -0.2) is 0 Å². The maximum atomic E-state index is 12.4. The van der Waals surface area contributed by atoms with Crippen LogP contribution in [0.5, 0.6) is 0 Å². The molecule has 0 spiro atoms. The molecule has 1 saturated carbocycles. The van der Waals surface area contributed by atoms with Crippen LogP contribution in [0.1, 0.15) is 31.2 Å². The Bertz CT molecular complexity index is 461. The molecule has 2 atom stereocenters. The SMILES string of the molecule is Cc1ccc(Cl)cc1NC(=O)C1CCCCC1CN. The highest BCUT2D eigenvalue weighted by molar-refractivity contribution is 6.31. The van der Waals surface area contributed by atoms with Gasteiger partial charge in [-0.2, -0.15) is 0 Å². The Morgan fingerprint density at radius 1 is 1.42 bits per heavy atom. The molecule has 3 nitrogen and oxygen atoms in total. The van der Waals surface area contributed by atoms with Crippen molar-refractivity contribution in [2.24, 2.45) is 17.6 Å². The van der Waals surface area contributed by atoms with Crippen molar-refractivity contribution < 1.29 is 4.79 Å². The Morgan fingerprint density at radius 3 is 2.89 bits per heavy atom. The first-order valence-corrected chi connectivity index (χ1v) is 7.26.